The van der Waals surface area contributed by atoms with Gasteiger partial charge in [-0.15, -0.1) is 0 Å². The zero-order chi connectivity index (χ0) is 18.3. The minimum atomic E-state index is -0.643. The van der Waals surface area contributed by atoms with Crippen LogP contribution in [-0.2, 0) is 9.53 Å². The Hall–Kier alpha value is -3.20. The number of non-ortho nitro benzene ring substituents is 1. The summed E-state index contributed by atoms with van der Waals surface area (Å²) in [5, 5.41) is 10.9. The summed E-state index contributed by atoms with van der Waals surface area (Å²) in [6.07, 6.45) is 1.54. The minimum Gasteiger partial charge on any atom is -0.454 e. The molecule has 2 aromatic carbocycles. The number of halogens is 1. The Bertz CT molecular complexity index is 1010. The van der Waals surface area contributed by atoms with E-state index in [-0.39, 0.29) is 24.1 Å². The Balaban J connectivity index is 1.70. The summed E-state index contributed by atoms with van der Waals surface area (Å²) < 4.78 is 16.5. The van der Waals surface area contributed by atoms with Crippen molar-refractivity contribution < 1.29 is 23.9 Å². The standard InChI is InChI=1S/C17H9BrN2O6/c18-12-7-15-14(24-8-25-15)6-10(12)5-13-17(21)26-16(19-13)9-2-1-3-11(4-9)20(22)23/h1-7H,8H2/b13-5+. The SMILES string of the molecule is O=C1OC(c2cccc([N+](=O)[O-])c2)=N/C1=C/c1cc2c(cc1Br)OCO2. The predicted molar refractivity (Wildman–Crippen MR) is 94.0 cm³/mol. The smallest absolute Gasteiger partial charge is 0.363 e. The summed E-state index contributed by atoms with van der Waals surface area (Å²) in [5.41, 5.74) is 0.967. The molecule has 2 aromatic rings. The minimum absolute atomic E-state index is 0.0156. The second kappa shape index (κ2) is 6.26. The van der Waals surface area contributed by atoms with Crippen molar-refractivity contribution in [3.8, 4) is 11.5 Å². The first kappa shape index (κ1) is 16.3. The highest BCUT2D eigenvalue weighted by Crippen LogP contribution is 2.38. The molecule has 0 fully saturated rings. The topological polar surface area (TPSA) is 100 Å². The van der Waals surface area contributed by atoms with Crippen molar-refractivity contribution in [1.82, 2.24) is 0 Å². The molecule has 130 valence electrons. The van der Waals surface area contributed by atoms with Crippen molar-refractivity contribution in [2.45, 2.75) is 0 Å². The molecule has 0 amide bonds. The molecule has 0 unspecified atom stereocenters. The van der Waals surface area contributed by atoms with E-state index in [2.05, 4.69) is 20.9 Å². The van der Waals surface area contributed by atoms with Gasteiger partial charge in [0, 0.05) is 22.2 Å². The van der Waals surface area contributed by atoms with Crippen molar-refractivity contribution in [3.05, 3.63) is 67.8 Å². The van der Waals surface area contributed by atoms with E-state index in [1.165, 1.54) is 18.2 Å². The van der Waals surface area contributed by atoms with E-state index in [0.29, 0.717) is 27.1 Å². The van der Waals surface area contributed by atoms with Crippen LogP contribution in [0.15, 0.2) is 51.6 Å². The van der Waals surface area contributed by atoms with Crippen molar-refractivity contribution in [3.63, 3.8) is 0 Å². The summed E-state index contributed by atoms with van der Waals surface area (Å²) in [6, 6.07) is 9.18. The fourth-order valence-corrected chi connectivity index (χ4v) is 2.91. The normalized spacial score (nSPS) is 16.6. The van der Waals surface area contributed by atoms with Gasteiger partial charge < -0.3 is 14.2 Å². The number of carbonyl (C=O) groups excluding carboxylic acids is 1. The molecule has 0 spiro atoms. The van der Waals surface area contributed by atoms with Crippen LogP contribution >= 0.6 is 15.9 Å². The number of fused-ring (bicyclic) bond motifs is 1. The number of nitro benzene ring substituents is 1. The number of esters is 1. The summed E-state index contributed by atoms with van der Waals surface area (Å²) in [7, 11) is 0. The maximum atomic E-state index is 12.1. The third kappa shape index (κ3) is 2.93. The third-order valence-corrected chi connectivity index (χ3v) is 4.40. The Labute approximate surface area is 155 Å². The second-order valence-corrected chi connectivity index (χ2v) is 6.22. The maximum Gasteiger partial charge on any atom is 0.363 e. The Kier molecular flexibility index (Phi) is 3.92. The molecule has 2 aliphatic rings. The number of benzene rings is 2. The van der Waals surface area contributed by atoms with Crippen LogP contribution in [0, 0.1) is 10.1 Å². The lowest BCUT2D eigenvalue weighted by molar-refractivity contribution is -0.384. The van der Waals surface area contributed by atoms with Gasteiger partial charge in [-0.2, -0.15) is 0 Å². The lowest BCUT2D eigenvalue weighted by Gasteiger charge is -2.02. The molecule has 0 aliphatic carbocycles. The first-order chi connectivity index (χ1) is 12.5. The van der Waals surface area contributed by atoms with Crippen LogP contribution in [0.4, 0.5) is 5.69 Å². The molecule has 2 aliphatic heterocycles. The molecule has 0 saturated carbocycles. The second-order valence-electron chi connectivity index (χ2n) is 5.37. The molecule has 0 N–H and O–H groups in total. The van der Waals surface area contributed by atoms with Crippen LogP contribution < -0.4 is 9.47 Å². The van der Waals surface area contributed by atoms with E-state index in [0.717, 1.165) is 0 Å². The van der Waals surface area contributed by atoms with Gasteiger partial charge >= 0.3 is 5.97 Å². The zero-order valence-corrected chi connectivity index (χ0v) is 14.6. The van der Waals surface area contributed by atoms with E-state index >= 15 is 0 Å². The highest BCUT2D eigenvalue weighted by Gasteiger charge is 2.26. The maximum absolute atomic E-state index is 12.1. The van der Waals surface area contributed by atoms with Gasteiger partial charge in [0.05, 0.1) is 4.92 Å². The molecule has 9 heteroatoms. The lowest BCUT2D eigenvalue weighted by Crippen LogP contribution is -2.05. The molecule has 0 atom stereocenters. The van der Waals surface area contributed by atoms with E-state index < -0.39 is 10.9 Å². The van der Waals surface area contributed by atoms with E-state index in [9.17, 15) is 14.9 Å². The number of nitrogens with zero attached hydrogens (tertiary/aromatic N) is 2. The molecule has 8 nitrogen and oxygen atoms in total. The molecule has 0 saturated heterocycles. The van der Waals surface area contributed by atoms with Crippen LogP contribution in [0.1, 0.15) is 11.1 Å². The average molecular weight is 417 g/mol. The van der Waals surface area contributed by atoms with Crippen LogP contribution in [0.3, 0.4) is 0 Å². The quantitative estimate of drug-likeness (QED) is 0.328. The summed E-state index contributed by atoms with van der Waals surface area (Å²) in [6.45, 7) is 0.138. The highest BCUT2D eigenvalue weighted by atomic mass is 79.9. The van der Waals surface area contributed by atoms with Gasteiger partial charge in [0.15, 0.2) is 17.2 Å². The molecular weight excluding hydrogens is 408 g/mol. The number of ether oxygens (including phenoxy) is 3. The number of nitro groups is 1. The van der Waals surface area contributed by atoms with Crippen molar-refractivity contribution in [2.75, 3.05) is 6.79 Å². The lowest BCUT2D eigenvalue weighted by atomic mass is 10.1. The van der Waals surface area contributed by atoms with Gasteiger partial charge in [-0.3, -0.25) is 10.1 Å². The van der Waals surface area contributed by atoms with Gasteiger partial charge in [-0.1, -0.05) is 22.0 Å². The van der Waals surface area contributed by atoms with E-state index in [1.807, 2.05) is 0 Å². The molecule has 4 rings (SSSR count). The Morgan fingerprint density at radius 3 is 2.73 bits per heavy atom. The van der Waals surface area contributed by atoms with Crippen LogP contribution in [-0.4, -0.2) is 23.6 Å². The highest BCUT2D eigenvalue weighted by molar-refractivity contribution is 9.10. The van der Waals surface area contributed by atoms with E-state index in [1.54, 1.807) is 24.3 Å². The number of aliphatic imine (C=N–C) groups is 1. The number of hydrogen-bond donors (Lipinski definition) is 0. The van der Waals surface area contributed by atoms with Gasteiger partial charge in [0.1, 0.15) is 0 Å². The molecular formula is C17H9BrN2O6. The summed E-state index contributed by atoms with van der Waals surface area (Å²) in [4.78, 5) is 26.6. The van der Waals surface area contributed by atoms with Gasteiger partial charge in [0.2, 0.25) is 12.7 Å². The van der Waals surface area contributed by atoms with Gasteiger partial charge in [0.25, 0.3) is 5.69 Å². The number of rotatable bonds is 3. The molecule has 26 heavy (non-hydrogen) atoms. The molecule has 0 aromatic heterocycles. The average Bonchev–Trinajstić information content (AvgIpc) is 3.22. The van der Waals surface area contributed by atoms with Crippen LogP contribution in [0.25, 0.3) is 6.08 Å². The summed E-state index contributed by atoms with van der Waals surface area (Å²) in [5.74, 6) is 0.543. The first-order valence-electron chi connectivity index (χ1n) is 7.38. The Morgan fingerprint density at radius 1 is 1.19 bits per heavy atom. The van der Waals surface area contributed by atoms with E-state index in [4.69, 9.17) is 14.2 Å². The number of hydrogen-bond acceptors (Lipinski definition) is 7. The summed E-state index contributed by atoms with van der Waals surface area (Å²) >= 11 is 3.41. The van der Waals surface area contributed by atoms with Gasteiger partial charge in [-0.05, 0) is 29.8 Å². The fraction of sp³-hybridized carbons (Fsp3) is 0.0588. The van der Waals surface area contributed by atoms with Crippen LogP contribution in [0.5, 0.6) is 11.5 Å². The monoisotopic (exact) mass is 416 g/mol. The molecule has 2 heterocycles. The largest absolute Gasteiger partial charge is 0.454 e. The fourth-order valence-electron chi connectivity index (χ4n) is 2.48. The van der Waals surface area contributed by atoms with Crippen molar-refractivity contribution in [2.24, 2.45) is 4.99 Å². The van der Waals surface area contributed by atoms with Gasteiger partial charge in [-0.25, -0.2) is 9.79 Å². The molecule has 0 bridgehead atoms. The third-order valence-electron chi connectivity index (χ3n) is 3.71. The molecule has 0 radical (unpaired) electrons. The number of cyclic esters (lactones) is 1. The van der Waals surface area contributed by atoms with Crippen molar-refractivity contribution >= 4 is 39.6 Å². The Morgan fingerprint density at radius 2 is 1.96 bits per heavy atom. The predicted octanol–water partition coefficient (Wildman–Crippen LogP) is 3.43. The number of carbonyl (C=O) groups is 1. The first-order valence-corrected chi connectivity index (χ1v) is 8.17. The van der Waals surface area contributed by atoms with Crippen molar-refractivity contribution in [1.29, 1.82) is 0 Å². The zero-order valence-electron chi connectivity index (χ0n) is 13.0. The van der Waals surface area contributed by atoms with Crippen LogP contribution in [0.2, 0.25) is 0 Å².